The third-order valence-electron chi connectivity index (χ3n) is 3.69. The summed E-state index contributed by atoms with van der Waals surface area (Å²) in [6.07, 6.45) is 2.19. The highest BCUT2D eigenvalue weighted by molar-refractivity contribution is 5.94. The lowest BCUT2D eigenvalue weighted by Crippen LogP contribution is -2.33. The van der Waals surface area contributed by atoms with Gasteiger partial charge in [0, 0.05) is 37.8 Å². The zero-order valence-corrected chi connectivity index (χ0v) is 13.1. The number of aryl methyl sites for hydroxylation is 1. The summed E-state index contributed by atoms with van der Waals surface area (Å²) < 4.78 is 0. The van der Waals surface area contributed by atoms with E-state index in [1.807, 2.05) is 12.1 Å². The Bertz CT molecular complexity index is 615. The number of hydrogen-bond acceptors (Lipinski definition) is 3. The average Bonchev–Trinajstić information content (AvgIpc) is 2.50. The Morgan fingerprint density at radius 3 is 2.78 bits per heavy atom. The van der Waals surface area contributed by atoms with Crippen LogP contribution in [0.2, 0.25) is 0 Å². The number of urea groups is 1. The Kier molecular flexibility index (Phi) is 5.56. The van der Waals surface area contributed by atoms with Crippen molar-refractivity contribution in [1.82, 2.24) is 5.32 Å². The van der Waals surface area contributed by atoms with Gasteiger partial charge in [-0.1, -0.05) is 0 Å². The minimum atomic E-state index is -0.878. The molecule has 124 valence electrons. The molecule has 2 rings (SSSR count). The van der Waals surface area contributed by atoms with E-state index in [1.165, 1.54) is 0 Å². The van der Waals surface area contributed by atoms with Crippen molar-refractivity contribution in [3.05, 3.63) is 23.8 Å². The number of fused-ring (bicyclic) bond motifs is 1. The molecule has 23 heavy (non-hydrogen) atoms. The van der Waals surface area contributed by atoms with Gasteiger partial charge < -0.3 is 20.6 Å². The number of carbonyl (C=O) groups is 3. The zero-order valence-electron chi connectivity index (χ0n) is 13.1. The summed E-state index contributed by atoms with van der Waals surface area (Å²) in [6, 6.07) is 5.11. The summed E-state index contributed by atoms with van der Waals surface area (Å²) >= 11 is 0. The largest absolute Gasteiger partial charge is 0.481 e. The van der Waals surface area contributed by atoms with Crippen molar-refractivity contribution in [2.24, 2.45) is 0 Å². The molecule has 7 heteroatoms. The lowest BCUT2D eigenvalue weighted by molar-refractivity contribution is -0.137. The molecular formula is C16H21N3O4. The van der Waals surface area contributed by atoms with Crippen molar-refractivity contribution in [3.63, 3.8) is 0 Å². The first-order valence-corrected chi connectivity index (χ1v) is 7.65. The van der Waals surface area contributed by atoms with E-state index in [9.17, 15) is 14.4 Å². The highest BCUT2D eigenvalue weighted by atomic mass is 16.4. The van der Waals surface area contributed by atoms with Gasteiger partial charge in [0.05, 0.1) is 0 Å². The topological polar surface area (TPSA) is 98.7 Å². The summed E-state index contributed by atoms with van der Waals surface area (Å²) in [7, 11) is 0. The monoisotopic (exact) mass is 319 g/mol. The molecule has 0 radical (unpaired) electrons. The van der Waals surface area contributed by atoms with Crippen LogP contribution in [-0.2, 0) is 16.0 Å². The van der Waals surface area contributed by atoms with Crippen LogP contribution in [-0.4, -0.2) is 36.1 Å². The predicted molar refractivity (Wildman–Crippen MR) is 86.7 cm³/mol. The number of rotatable bonds is 5. The van der Waals surface area contributed by atoms with Crippen molar-refractivity contribution in [2.45, 2.75) is 32.6 Å². The normalized spacial score (nSPS) is 13.2. The maximum Gasteiger partial charge on any atom is 0.319 e. The Balaban J connectivity index is 1.93. The fourth-order valence-corrected chi connectivity index (χ4v) is 2.62. The van der Waals surface area contributed by atoms with E-state index < -0.39 is 5.97 Å². The molecule has 0 spiro atoms. The van der Waals surface area contributed by atoms with E-state index in [-0.39, 0.29) is 18.4 Å². The van der Waals surface area contributed by atoms with Crippen molar-refractivity contribution in [1.29, 1.82) is 0 Å². The van der Waals surface area contributed by atoms with E-state index in [2.05, 4.69) is 10.6 Å². The number of hydrogen-bond donors (Lipinski definition) is 3. The summed E-state index contributed by atoms with van der Waals surface area (Å²) in [5, 5.41) is 13.9. The van der Waals surface area contributed by atoms with Gasteiger partial charge >= 0.3 is 12.0 Å². The third kappa shape index (κ3) is 4.70. The SMILES string of the molecule is CC(=O)N1CCCc2cc(NC(=O)NCCCC(=O)O)ccc21. The number of amides is 3. The van der Waals surface area contributed by atoms with Gasteiger partial charge in [-0.15, -0.1) is 0 Å². The van der Waals surface area contributed by atoms with E-state index in [0.717, 1.165) is 30.6 Å². The molecule has 0 atom stereocenters. The van der Waals surface area contributed by atoms with Crippen LogP contribution in [0.3, 0.4) is 0 Å². The van der Waals surface area contributed by atoms with Crippen LogP contribution in [0, 0.1) is 0 Å². The van der Waals surface area contributed by atoms with E-state index >= 15 is 0 Å². The minimum absolute atomic E-state index is 0.0165. The molecular weight excluding hydrogens is 298 g/mol. The summed E-state index contributed by atoms with van der Waals surface area (Å²) in [6.45, 7) is 2.58. The molecule has 0 bridgehead atoms. The molecule has 0 aliphatic carbocycles. The van der Waals surface area contributed by atoms with Crippen LogP contribution in [0.1, 0.15) is 31.7 Å². The predicted octanol–water partition coefficient (Wildman–Crippen LogP) is 1.97. The molecule has 0 saturated carbocycles. The maximum absolute atomic E-state index is 11.8. The molecule has 0 aromatic heterocycles. The molecule has 3 N–H and O–H groups in total. The molecule has 7 nitrogen and oxygen atoms in total. The Labute approximate surface area is 134 Å². The van der Waals surface area contributed by atoms with Gasteiger partial charge in [0.15, 0.2) is 0 Å². The standard InChI is InChI=1S/C16H21N3O4/c1-11(20)19-9-3-4-12-10-13(6-7-14(12)19)18-16(23)17-8-2-5-15(21)22/h6-7,10H,2-5,8-9H2,1H3,(H,21,22)(H2,17,18,23). The van der Waals surface area contributed by atoms with Crippen LogP contribution in [0.15, 0.2) is 18.2 Å². The van der Waals surface area contributed by atoms with Crippen LogP contribution < -0.4 is 15.5 Å². The number of nitrogens with zero attached hydrogens (tertiary/aromatic N) is 1. The minimum Gasteiger partial charge on any atom is -0.481 e. The quantitative estimate of drug-likeness (QED) is 0.723. The zero-order chi connectivity index (χ0) is 16.8. The van der Waals surface area contributed by atoms with Crippen molar-refractivity contribution < 1.29 is 19.5 Å². The third-order valence-corrected chi connectivity index (χ3v) is 3.69. The summed E-state index contributed by atoms with van der Waals surface area (Å²) in [5.74, 6) is -0.861. The number of anilines is 2. The first-order valence-electron chi connectivity index (χ1n) is 7.65. The number of carbonyl (C=O) groups excluding carboxylic acids is 2. The molecule has 1 aromatic carbocycles. The van der Waals surface area contributed by atoms with Gasteiger partial charge in [0.2, 0.25) is 5.91 Å². The van der Waals surface area contributed by atoms with Gasteiger partial charge in [-0.25, -0.2) is 4.79 Å². The molecule has 1 aliphatic rings. The maximum atomic E-state index is 11.8. The first kappa shape index (κ1) is 16.8. The van der Waals surface area contributed by atoms with Gasteiger partial charge in [0.1, 0.15) is 0 Å². The Hall–Kier alpha value is -2.57. The number of carboxylic acids is 1. The Morgan fingerprint density at radius 2 is 2.09 bits per heavy atom. The lowest BCUT2D eigenvalue weighted by Gasteiger charge is -2.29. The lowest BCUT2D eigenvalue weighted by atomic mass is 10.0. The van der Waals surface area contributed by atoms with E-state index in [0.29, 0.717) is 18.7 Å². The van der Waals surface area contributed by atoms with Crippen molar-refractivity contribution in [3.8, 4) is 0 Å². The molecule has 0 fully saturated rings. The number of carboxylic acid groups (broad SMARTS) is 1. The van der Waals surface area contributed by atoms with Crippen LogP contribution in [0.5, 0.6) is 0 Å². The second kappa shape index (κ2) is 7.62. The molecule has 1 aromatic rings. The highest BCUT2D eigenvalue weighted by Crippen LogP contribution is 2.29. The molecule has 3 amide bonds. The van der Waals surface area contributed by atoms with Crippen molar-refractivity contribution in [2.75, 3.05) is 23.3 Å². The van der Waals surface area contributed by atoms with Gasteiger partial charge in [0.25, 0.3) is 0 Å². The number of aliphatic carboxylic acids is 1. The number of benzene rings is 1. The van der Waals surface area contributed by atoms with Crippen LogP contribution in [0.4, 0.5) is 16.2 Å². The van der Waals surface area contributed by atoms with Gasteiger partial charge in [-0.2, -0.15) is 0 Å². The summed E-state index contributed by atoms with van der Waals surface area (Å²) in [5.41, 5.74) is 2.59. The van der Waals surface area contributed by atoms with Gasteiger partial charge in [-0.3, -0.25) is 9.59 Å². The molecule has 0 unspecified atom stereocenters. The fraction of sp³-hybridized carbons (Fsp3) is 0.438. The average molecular weight is 319 g/mol. The van der Waals surface area contributed by atoms with Crippen LogP contribution >= 0.6 is 0 Å². The second-order valence-corrected chi connectivity index (χ2v) is 5.50. The number of nitrogens with one attached hydrogen (secondary N) is 2. The smallest absolute Gasteiger partial charge is 0.319 e. The van der Waals surface area contributed by atoms with Crippen molar-refractivity contribution >= 4 is 29.3 Å². The first-order chi connectivity index (χ1) is 11.0. The second-order valence-electron chi connectivity index (χ2n) is 5.50. The van der Waals surface area contributed by atoms with E-state index in [1.54, 1.807) is 17.9 Å². The van der Waals surface area contributed by atoms with E-state index in [4.69, 9.17) is 5.11 Å². The fourth-order valence-electron chi connectivity index (χ4n) is 2.62. The summed E-state index contributed by atoms with van der Waals surface area (Å²) in [4.78, 5) is 35.5. The van der Waals surface area contributed by atoms with Gasteiger partial charge in [-0.05, 0) is 43.0 Å². The molecule has 1 heterocycles. The Morgan fingerprint density at radius 1 is 1.30 bits per heavy atom. The highest BCUT2D eigenvalue weighted by Gasteiger charge is 2.20. The molecule has 0 saturated heterocycles. The molecule has 1 aliphatic heterocycles. The van der Waals surface area contributed by atoms with Crippen LogP contribution in [0.25, 0.3) is 0 Å².